The number of benzene rings is 1. The van der Waals surface area contributed by atoms with E-state index >= 15 is 0 Å². The maximum Gasteiger partial charge on any atom is 0.161 e. The molecule has 100 valence electrons. The van der Waals surface area contributed by atoms with Crippen LogP contribution < -0.4 is 14.8 Å². The van der Waals surface area contributed by atoms with Gasteiger partial charge < -0.3 is 19.3 Å². The minimum Gasteiger partial charge on any atom is -0.490 e. The first-order chi connectivity index (χ1) is 9.42. The van der Waals surface area contributed by atoms with Gasteiger partial charge in [0.1, 0.15) is 6.26 Å². The van der Waals surface area contributed by atoms with Crippen molar-refractivity contribution in [2.24, 2.45) is 0 Å². The van der Waals surface area contributed by atoms with E-state index < -0.39 is 0 Å². The van der Waals surface area contributed by atoms with E-state index in [-0.39, 0.29) is 0 Å². The van der Waals surface area contributed by atoms with Gasteiger partial charge >= 0.3 is 0 Å². The Balaban J connectivity index is 1.60. The summed E-state index contributed by atoms with van der Waals surface area (Å²) in [5.41, 5.74) is 2.06. The number of fused-ring (bicyclic) bond motifs is 1. The van der Waals surface area contributed by atoms with Crippen LogP contribution in [0.3, 0.4) is 0 Å². The second-order valence-corrected chi connectivity index (χ2v) is 4.43. The summed E-state index contributed by atoms with van der Waals surface area (Å²) in [5.74, 6) is 1.66. The van der Waals surface area contributed by atoms with E-state index in [0.29, 0.717) is 13.2 Å². The van der Waals surface area contributed by atoms with Crippen molar-refractivity contribution in [3.8, 4) is 11.5 Å². The van der Waals surface area contributed by atoms with Gasteiger partial charge in [0.05, 0.1) is 18.9 Å². The summed E-state index contributed by atoms with van der Waals surface area (Å²) in [6.07, 6.45) is 2.50. The number of nitrogens with zero attached hydrogens (tertiary/aromatic N) is 1. The molecule has 1 aliphatic heterocycles. The number of nitrogens with one attached hydrogen (secondary N) is 1. The summed E-state index contributed by atoms with van der Waals surface area (Å²) in [6.45, 7) is 2.87. The number of ether oxygens (including phenoxy) is 2. The van der Waals surface area contributed by atoms with Crippen LogP contribution in [0.2, 0.25) is 0 Å². The molecule has 0 saturated heterocycles. The largest absolute Gasteiger partial charge is 0.490 e. The van der Waals surface area contributed by atoms with E-state index in [1.807, 2.05) is 24.3 Å². The number of hydrogen-bond acceptors (Lipinski definition) is 5. The molecule has 5 nitrogen and oxygen atoms in total. The molecule has 1 N–H and O–H groups in total. The average Bonchev–Trinajstić information content (AvgIpc) is 2.83. The first-order valence-electron chi connectivity index (χ1n) is 6.40. The third-order valence-electron chi connectivity index (χ3n) is 2.94. The first-order valence-corrected chi connectivity index (χ1v) is 6.40. The van der Waals surface area contributed by atoms with E-state index in [0.717, 1.165) is 42.3 Å². The molecule has 1 aromatic heterocycles. The van der Waals surface area contributed by atoms with Crippen LogP contribution in [-0.4, -0.2) is 18.4 Å². The second-order valence-electron chi connectivity index (χ2n) is 4.43. The summed E-state index contributed by atoms with van der Waals surface area (Å²) in [4.78, 5) is 0. The van der Waals surface area contributed by atoms with Crippen molar-refractivity contribution in [2.45, 2.75) is 19.5 Å². The van der Waals surface area contributed by atoms with Crippen molar-refractivity contribution < 1.29 is 14.0 Å². The molecule has 0 spiro atoms. The lowest BCUT2D eigenvalue weighted by Crippen LogP contribution is -2.12. The van der Waals surface area contributed by atoms with Crippen molar-refractivity contribution in [1.82, 2.24) is 10.5 Å². The molecule has 0 fully saturated rings. The smallest absolute Gasteiger partial charge is 0.161 e. The molecule has 1 aliphatic rings. The predicted octanol–water partition coefficient (Wildman–Crippen LogP) is 2.13. The average molecular weight is 260 g/mol. The molecule has 0 amide bonds. The highest BCUT2D eigenvalue weighted by Gasteiger charge is 2.10. The van der Waals surface area contributed by atoms with Gasteiger partial charge in [-0.3, -0.25) is 0 Å². The molecule has 2 aromatic rings. The van der Waals surface area contributed by atoms with Gasteiger partial charge in [0.15, 0.2) is 11.5 Å². The van der Waals surface area contributed by atoms with Crippen molar-refractivity contribution in [3.63, 3.8) is 0 Å². The summed E-state index contributed by atoms with van der Waals surface area (Å²) in [6, 6.07) is 7.88. The number of rotatable bonds is 4. The van der Waals surface area contributed by atoms with Crippen LogP contribution in [0.15, 0.2) is 35.1 Å². The summed E-state index contributed by atoms with van der Waals surface area (Å²) in [7, 11) is 0. The topological polar surface area (TPSA) is 56.5 Å². The molecular formula is C14H16N2O3. The van der Waals surface area contributed by atoms with Crippen molar-refractivity contribution >= 4 is 0 Å². The van der Waals surface area contributed by atoms with E-state index in [2.05, 4.69) is 10.5 Å². The lowest BCUT2D eigenvalue weighted by atomic mass is 10.2. The minimum absolute atomic E-state index is 0.685. The maximum atomic E-state index is 5.66. The van der Waals surface area contributed by atoms with Crippen LogP contribution >= 0.6 is 0 Å². The van der Waals surface area contributed by atoms with Crippen LogP contribution in [0.1, 0.15) is 17.7 Å². The second kappa shape index (κ2) is 5.75. The van der Waals surface area contributed by atoms with Gasteiger partial charge in [-0.05, 0) is 17.7 Å². The number of hydrogen-bond donors (Lipinski definition) is 1. The quantitative estimate of drug-likeness (QED) is 0.912. The van der Waals surface area contributed by atoms with Crippen molar-refractivity contribution in [3.05, 3.63) is 41.8 Å². The van der Waals surface area contributed by atoms with Crippen molar-refractivity contribution in [1.29, 1.82) is 0 Å². The van der Waals surface area contributed by atoms with Crippen LogP contribution in [0.4, 0.5) is 0 Å². The fourth-order valence-electron chi connectivity index (χ4n) is 1.98. The Kier molecular flexibility index (Phi) is 3.65. The molecule has 0 atom stereocenters. The molecule has 1 aromatic carbocycles. The Morgan fingerprint density at radius 3 is 2.79 bits per heavy atom. The molecule has 5 heteroatoms. The lowest BCUT2D eigenvalue weighted by Gasteiger charge is -2.09. The summed E-state index contributed by atoms with van der Waals surface area (Å²) < 4.78 is 16.0. The highest BCUT2D eigenvalue weighted by Crippen LogP contribution is 2.30. The Morgan fingerprint density at radius 1 is 1.05 bits per heavy atom. The van der Waals surface area contributed by atoms with Gasteiger partial charge in [0.2, 0.25) is 0 Å². The van der Waals surface area contributed by atoms with Gasteiger partial charge in [-0.15, -0.1) is 0 Å². The third-order valence-corrected chi connectivity index (χ3v) is 2.94. The van der Waals surface area contributed by atoms with E-state index in [1.165, 1.54) is 0 Å². The normalized spacial score (nSPS) is 14.1. The van der Waals surface area contributed by atoms with E-state index in [4.69, 9.17) is 14.0 Å². The van der Waals surface area contributed by atoms with Crippen molar-refractivity contribution in [2.75, 3.05) is 13.2 Å². The highest BCUT2D eigenvalue weighted by molar-refractivity contribution is 5.43. The zero-order valence-corrected chi connectivity index (χ0v) is 10.6. The lowest BCUT2D eigenvalue weighted by molar-refractivity contribution is 0.297. The minimum atomic E-state index is 0.685. The SMILES string of the molecule is c1cc(CNCc2ccc3c(c2)OCCCO3)no1. The van der Waals surface area contributed by atoms with Crippen LogP contribution in [0.5, 0.6) is 11.5 Å². The fraction of sp³-hybridized carbons (Fsp3) is 0.357. The van der Waals surface area contributed by atoms with Crippen LogP contribution in [0, 0.1) is 0 Å². The maximum absolute atomic E-state index is 5.66. The van der Waals surface area contributed by atoms with Crippen LogP contribution in [-0.2, 0) is 13.1 Å². The zero-order valence-electron chi connectivity index (χ0n) is 10.6. The fourth-order valence-corrected chi connectivity index (χ4v) is 1.98. The third kappa shape index (κ3) is 3.06. The van der Waals surface area contributed by atoms with Gasteiger partial charge in [-0.1, -0.05) is 11.2 Å². The molecule has 3 rings (SSSR count). The molecule has 2 heterocycles. The zero-order chi connectivity index (χ0) is 12.9. The Hall–Kier alpha value is -2.01. The molecule has 0 saturated carbocycles. The highest BCUT2D eigenvalue weighted by atomic mass is 16.5. The van der Waals surface area contributed by atoms with Gasteiger partial charge in [0.25, 0.3) is 0 Å². The Bertz CT molecular complexity index is 525. The molecule has 0 unspecified atom stereocenters. The predicted molar refractivity (Wildman–Crippen MR) is 69.1 cm³/mol. The molecule has 0 aliphatic carbocycles. The summed E-state index contributed by atoms with van der Waals surface area (Å²) >= 11 is 0. The summed E-state index contributed by atoms with van der Waals surface area (Å²) in [5, 5.41) is 7.16. The number of aromatic nitrogens is 1. The van der Waals surface area contributed by atoms with Gasteiger partial charge in [-0.2, -0.15) is 0 Å². The van der Waals surface area contributed by atoms with E-state index in [9.17, 15) is 0 Å². The Morgan fingerprint density at radius 2 is 1.95 bits per heavy atom. The molecular weight excluding hydrogens is 244 g/mol. The monoisotopic (exact) mass is 260 g/mol. The van der Waals surface area contributed by atoms with Crippen LogP contribution in [0.25, 0.3) is 0 Å². The van der Waals surface area contributed by atoms with E-state index in [1.54, 1.807) is 6.26 Å². The first kappa shape index (κ1) is 12.0. The standard InChI is InChI=1S/C14H16N2O3/c1-5-17-13-3-2-11(8-14(13)18-6-1)9-15-10-12-4-7-19-16-12/h2-4,7-8,15H,1,5-6,9-10H2. The van der Waals surface area contributed by atoms with Gasteiger partial charge in [-0.25, -0.2) is 0 Å². The molecule has 19 heavy (non-hydrogen) atoms. The van der Waals surface area contributed by atoms with Gasteiger partial charge in [0, 0.05) is 25.6 Å². The Labute approximate surface area is 111 Å². The molecule has 0 radical (unpaired) electrons. The molecule has 0 bridgehead atoms.